The molecule has 3 aromatic rings. The first-order valence-electron chi connectivity index (χ1n) is 9.72. The summed E-state index contributed by atoms with van der Waals surface area (Å²) >= 11 is 0. The number of carbonyl (C=O) groups excluding carboxylic acids is 2. The van der Waals surface area contributed by atoms with Gasteiger partial charge in [0.2, 0.25) is 0 Å². The van der Waals surface area contributed by atoms with Crippen LogP contribution in [-0.2, 0) is 4.79 Å². The molecule has 1 aromatic carbocycles. The highest BCUT2D eigenvalue weighted by Gasteiger charge is 2.31. The number of aromatic nitrogens is 1. The molecule has 0 bridgehead atoms. The molecule has 0 N–H and O–H groups in total. The fraction of sp³-hybridized carbons (Fsp3) is 0.304. The molecule has 5 heteroatoms. The van der Waals surface area contributed by atoms with Crippen LogP contribution in [0, 0.1) is 0 Å². The van der Waals surface area contributed by atoms with Crippen LogP contribution in [0.1, 0.15) is 23.3 Å². The number of rotatable bonds is 4. The number of likely N-dealkylation sites (N-methyl/N-ethyl adjacent to an activating group) is 1. The van der Waals surface area contributed by atoms with Crippen LogP contribution in [0.25, 0.3) is 16.6 Å². The molecule has 1 aliphatic rings. The highest BCUT2D eigenvalue weighted by atomic mass is 16.2. The molecular weight excluding hydrogens is 350 g/mol. The maximum absolute atomic E-state index is 13.3. The molecule has 1 aliphatic heterocycles. The van der Waals surface area contributed by atoms with Gasteiger partial charge in [0.15, 0.2) is 0 Å². The Bertz CT molecular complexity index is 1000. The summed E-state index contributed by atoms with van der Waals surface area (Å²) in [4.78, 5) is 30.3. The monoisotopic (exact) mass is 375 g/mol. The van der Waals surface area contributed by atoms with E-state index in [1.165, 1.54) is 0 Å². The van der Waals surface area contributed by atoms with Crippen LogP contribution in [-0.4, -0.2) is 59.1 Å². The van der Waals surface area contributed by atoms with Crippen LogP contribution >= 0.6 is 0 Å². The summed E-state index contributed by atoms with van der Waals surface area (Å²) in [5.74, 6) is -0.887. The highest BCUT2D eigenvalue weighted by Crippen LogP contribution is 2.29. The normalized spacial score (nSPS) is 15.6. The summed E-state index contributed by atoms with van der Waals surface area (Å²) in [6, 6.07) is 17.6. The van der Waals surface area contributed by atoms with Crippen molar-refractivity contribution in [2.24, 2.45) is 0 Å². The summed E-state index contributed by atoms with van der Waals surface area (Å²) < 4.78 is 1.82. The standard InChI is InChI=1S/C23H25N3O2/c1-24-14-11-18(12-15-24)25(2)23(28)22(27)21-20(17-8-4-3-5-9-17)16-19-10-6-7-13-26(19)21/h3-10,13,16,18H,11-12,14-15H2,1-2H3. The second kappa shape index (κ2) is 7.60. The number of pyridine rings is 1. The van der Waals surface area contributed by atoms with Crippen LogP contribution < -0.4 is 0 Å². The third kappa shape index (κ3) is 3.34. The molecule has 0 radical (unpaired) electrons. The highest BCUT2D eigenvalue weighted by molar-refractivity contribution is 6.43. The summed E-state index contributed by atoms with van der Waals surface area (Å²) in [7, 11) is 3.84. The Hall–Kier alpha value is -2.92. The zero-order valence-electron chi connectivity index (χ0n) is 16.3. The van der Waals surface area contributed by atoms with Crippen molar-refractivity contribution >= 4 is 17.2 Å². The molecule has 3 heterocycles. The lowest BCUT2D eigenvalue weighted by molar-refractivity contribution is -0.128. The Kier molecular flexibility index (Phi) is 5.01. The van der Waals surface area contributed by atoms with Crippen molar-refractivity contribution in [1.29, 1.82) is 0 Å². The van der Waals surface area contributed by atoms with E-state index in [2.05, 4.69) is 11.9 Å². The van der Waals surface area contributed by atoms with Gasteiger partial charge in [-0.2, -0.15) is 0 Å². The molecule has 144 valence electrons. The molecule has 2 aromatic heterocycles. The minimum Gasteiger partial charge on any atom is -0.336 e. The molecule has 4 rings (SSSR count). The number of hydrogen-bond acceptors (Lipinski definition) is 3. The summed E-state index contributed by atoms with van der Waals surface area (Å²) in [5, 5.41) is 0. The second-order valence-electron chi connectivity index (χ2n) is 7.55. The van der Waals surface area contributed by atoms with Gasteiger partial charge >= 0.3 is 0 Å². The number of fused-ring (bicyclic) bond motifs is 1. The van der Waals surface area contributed by atoms with Crippen molar-refractivity contribution in [3.8, 4) is 11.1 Å². The van der Waals surface area contributed by atoms with E-state index in [-0.39, 0.29) is 6.04 Å². The van der Waals surface area contributed by atoms with E-state index in [1.54, 1.807) is 11.9 Å². The number of amides is 1. The van der Waals surface area contributed by atoms with E-state index in [0.717, 1.165) is 42.6 Å². The van der Waals surface area contributed by atoms with Gasteiger partial charge < -0.3 is 14.2 Å². The van der Waals surface area contributed by atoms with Crippen LogP contribution in [0.3, 0.4) is 0 Å². The van der Waals surface area contributed by atoms with Gasteiger partial charge in [-0.05, 0) is 56.7 Å². The van der Waals surface area contributed by atoms with Crippen molar-refractivity contribution < 1.29 is 9.59 Å². The molecule has 0 atom stereocenters. The van der Waals surface area contributed by atoms with Gasteiger partial charge in [-0.1, -0.05) is 36.4 Å². The number of piperidine rings is 1. The first-order valence-corrected chi connectivity index (χ1v) is 9.72. The van der Waals surface area contributed by atoms with Gasteiger partial charge in [0, 0.05) is 30.4 Å². The van der Waals surface area contributed by atoms with E-state index in [1.807, 2.05) is 65.2 Å². The quantitative estimate of drug-likeness (QED) is 0.519. The molecule has 1 amide bonds. The van der Waals surface area contributed by atoms with Crippen LogP contribution in [0.5, 0.6) is 0 Å². The molecule has 0 saturated carbocycles. The van der Waals surface area contributed by atoms with Gasteiger partial charge in [0.25, 0.3) is 11.7 Å². The van der Waals surface area contributed by atoms with Gasteiger partial charge in [-0.3, -0.25) is 9.59 Å². The number of ketones is 1. The minimum atomic E-state index is -0.452. The van der Waals surface area contributed by atoms with Gasteiger partial charge in [-0.15, -0.1) is 0 Å². The van der Waals surface area contributed by atoms with Crippen molar-refractivity contribution in [3.63, 3.8) is 0 Å². The van der Waals surface area contributed by atoms with E-state index in [0.29, 0.717) is 5.69 Å². The maximum Gasteiger partial charge on any atom is 0.296 e. The van der Waals surface area contributed by atoms with Crippen molar-refractivity contribution in [1.82, 2.24) is 14.2 Å². The molecule has 5 nitrogen and oxygen atoms in total. The van der Waals surface area contributed by atoms with Gasteiger partial charge in [0.05, 0.1) is 0 Å². The third-order valence-electron chi connectivity index (χ3n) is 5.73. The van der Waals surface area contributed by atoms with Gasteiger partial charge in [0.1, 0.15) is 5.69 Å². The van der Waals surface area contributed by atoms with Crippen molar-refractivity contribution in [2.45, 2.75) is 18.9 Å². The molecule has 0 spiro atoms. The number of hydrogen-bond donors (Lipinski definition) is 0. The van der Waals surface area contributed by atoms with E-state index in [9.17, 15) is 9.59 Å². The van der Waals surface area contributed by atoms with Crippen molar-refractivity contribution in [2.75, 3.05) is 27.2 Å². The molecule has 1 saturated heterocycles. The first-order chi connectivity index (χ1) is 13.6. The number of benzene rings is 1. The average Bonchev–Trinajstić information content (AvgIpc) is 3.13. The Morgan fingerprint density at radius 3 is 2.39 bits per heavy atom. The van der Waals surface area contributed by atoms with Crippen LogP contribution in [0.4, 0.5) is 0 Å². The predicted octanol–water partition coefficient (Wildman–Crippen LogP) is 3.34. The van der Waals surface area contributed by atoms with Gasteiger partial charge in [-0.25, -0.2) is 0 Å². The number of Topliss-reactive ketones (excluding diaryl/α,β-unsaturated/α-hetero) is 1. The minimum absolute atomic E-state index is 0.110. The molecule has 0 aliphatic carbocycles. The van der Waals surface area contributed by atoms with Crippen LogP contribution in [0.15, 0.2) is 60.8 Å². The molecule has 1 fully saturated rings. The fourth-order valence-electron chi connectivity index (χ4n) is 4.00. The molecular formula is C23H25N3O2. The second-order valence-corrected chi connectivity index (χ2v) is 7.55. The Balaban J connectivity index is 1.71. The Labute approximate surface area is 165 Å². The number of carbonyl (C=O) groups is 2. The third-order valence-corrected chi connectivity index (χ3v) is 5.73. The topological polar surface area (TPSA) is 45.0 Å². The van der Waals surface area contributed by atoms with E-state index >= 15 is 0 Å². The van der Waals surface area contributed by atoms with E-state index < -0.39 is 11.7 Å². The van der Waals surface area contributed by atoms with E-state index in [4.69, 9.17) is 0 Å². The lowest BCUT2D eigenvalue weighted by atomic mass is 10.0. The smallest absolute Gasteiger partial charge is 0.296 e. The summed E-state index contributed by atoms with van der Waals surface area (Å²) in [6.07, 6.45) is 3.64. The first kappa shape index (κ1) is 18.4. The largest absolute Gasteiger partial charge is 0.336 e. The maximum atomic E-state index is 13.3. The fourth-order valence-corrected chi connectivity index (χ4v) is 4.00. The summed E-state index contributed by atoms with van der Waals surface area (Å²) in [6.45, 7) is 1.89. The van der Waals surface area contributed by atoms with Crippen molar-refractivity contribution in [3.05, 3.63) is 66.5 Å². The lowest BCUT2D eigenvalue weighted by Gasteiger charge is -2.34. The SMILES string of the molecule is CN1CCC(N(C)C(=O)C(=O)c2c(-c3ccccc3)cc3ccccn23)CC1. The Morgan fingerprint density at radius 1 is 1.00 bits per heavy atom. The lowest BCUT2D eigenvalue weighted by Crippen LogP contribution is -2.46. The number of nitrogens with zero attached hydrogens (tertiary/aromatic N) is 3. The zero-order valence-corrected chi connectivity index (χ0v) is 16.3. The molecule has 0 unspecified atom stereocenters. The number of likely N-dealkylation sites (tertiary alicyclic amines) is 1. The predicted molar refractivity (Wildman–Crippen MR) is 110 cm³/mol. The summed E-state index contributed by atoms with van der Waals surface area (Å²) in [5.41, 5.74) is 3.07. The molecule has 28 heavy (non-hydrogen) atoms. The zero-order chi connectivity index (χ0) is 19.7. The Morgan fingerprint density at radius 2 is 1.68 bits per heavy atom. The van der Waals surface area contributed by atoms with Crippen LogP contribution in [0.2, 0.25) is 0 Å². The average molecular weight is 375 g/mol.